The van der Waals surface area contributed by atoms with Crippen molar-refractivity contribution in [2.45, 2.75) is 46.3 Å². The highest BCUT2D eigenvalue weighted by Gasteiger charge is 2.28. The molecule has 0 aromatic carbocycles. The predicted octanol–water partition coefficient (Wildman–Crippen LogP) is 3.27. The second kappa shape index (κ2) is 9.51. The SMILES string of the molecule is CCC(=O)Nc1nc(C(=O)NC(C)c2ccc(OCC(F)(F)F)nc2)c(C)nc1C. The van der Waals surface area contributed by atoms with E-state index in [1.807, 2.05) is 0 Å². The van der Waals surface area contributed by atoms with Crippen molar-refractivity contribution in [2.75, 3.05) is 11.9 Å². The van der Waals surface area contributed by atoms with Crippen LogP contribution in [-0.2, 0) is 4.79 Å². The predicted molar refractivity (Wildman–Crippen MR) is 102 cm³/mol. The molecule has 0 radical (unpaired) electrons. The van der Waals surface area contributed by atoms with E-state index in [4.69, 9.17) is 0 Å². The first-order valence-corrected chi connectivity index (χ1v) is 9.11. The molecule has 8 nitrogen and oxygen atoms in total. The molecule has 0 aliphatic carbocycles. The highest BCUT2D eigenvalue weighted by molar-refractivity contribution is 5.95. The highest BCUT2D eigenvalue weighted by atomic mass is 19.4. The summed E-state index contributed by atoms with van der Waals surface area (Å²) >= 11 is 0. The van der Waals surface area contributed by atoms with Crippen LogP contribution in [0.1, 0.15) is 53.7 Å². The molecule has 0 fully saturated rings. The normalized spacial score (nSPS) is 12.2. The van der Waals surface area contributed by atoms with E-state index in [2.05, 4.69) is 30.3 Å². The third-order valence-corrected chi connectivity index (χ3v) is 4.03. The van der Waals surface area contributed by atoms with Crippen LogP contribution in [0.4, 0.5) is 19.0 Å². The first-order valence-electron chi connectivity index (χ1n) is 9.11. The Hall–Kier alpha value is -3.24. The van der Waals surface area contributed by atoms with Crippen LogP contribution < -0.4 is 15.4 Å². The number of carbonyl (C=O) groups excluding carboxylic acids is 2. The number of aromatic nitrogens is 3. The van der Waals surface area contributed by atoms with Gasteiger partial charge in [-0.2, -0.15) is 13.2 Å². The molecular formula is C19H22F3N5O3. The summed E-state index contributed by atoms with van der Waals surface area (Å²) in [5, 5.41) is 5.33. The van der Waals surface area contributed by atoms with Gasteiger partial charge in [-0.15, -0.1) is 0 Å². The number of hydrogen-bond donors (Lipinski definition) is 2. The molecule has 0 saturated heterocycles. The molecule has 0 spiro atoms. The quantitative estimate of drug-likeness (QED) is 0.705. The van der Waals surface area contributed by atoms with E-state index in [1.54, 1.807) is 27.7 Å². The van der Waals surface area contributed by atoms with E-state index < -0.39 is 24.7 Å². The summed E-state index contributed by atoms with van der Waals surface area (Å²) in [4.78, 5) is 36.6. The van der Waals surface area contributed by atoms with Gasteiger partial charge < -0.3 is 15.4 Å². The van der Waals surface area contributed by atoms with Crippen molar-refractivity contribution in [1.29, 1.82) is 0 Å². The number of carbonyl (C=O) groups is 2. The summed E-state index contributed by atoms with van der Waals surface area (Å²) in [5.74, 6) is -0.740. The second-order valence-electron chi connectivity index (χ2n) is 6.52. The fourth-order valence-corrected chi connectivity index (χ4v) is 2.42. The zero-order chi connectivity index (χ0) is 22.5. The van der Waals surface area contributed by atoms with Gasteiger partial charge in [0.2, 0.25) is 11.8 Å². The molecule has 1 unspecified atom stereocenters. The smallest absolute Gasteiger partial charge is 0.422 e. The van der Waals surface area contributed by atoms with Crippen molar-refractivity contribution in [3.8, 4) is 5.88 Å². The lowest BCUT2D eigenvalue weighted by Gasteiger charge is -2.16. The van der Waals surface area contributed by atoms with Gasteiger partial charge in [-0.05, 0) is 26.3 Å². The maximum atomic E-state index is 12.7. The number of rotatable bonds is 7. The van der Waals surface area contributed by atoms with Gasteiger partial charge in [0.25, 0.3) is 5.91 Å². The van der Waals surface area contributed by atoms with Gasteiger partial charge >= 0.3 is 6.18 Å². The lowest BCUT2D eigenvalue weighted by molar-refractivity contribution is -0.154. The number of nitrogens with zero attached hydrogens (tertiary/aromatic N) is 3. The fraction of sp³-hybridized carbons (Fsp3) is 0.421. The summed E-state index contributed by atoms with van der Waals surface area (Å²) in [5.41, 5.74) is 1.48. The number of alkyl halides is 3. The minimum absolute atomic E-state index is 0.0527. The third kappa shape index (κ3) is 6.39. The lowest BCUT2D eigenvalue weighted by atomic mass is 10.1. The number of pyridine rings is 1. The molecule has 2 rings (SSSR count). The van der Waals surface area contributed by atoms with E-state index >= 15 is 0 Å². The number of amides is 2. The van der Waals surface area contributed by atoms with Gasteiger partial charge in [-0.1, -0.05) is 13.0 Å². The molecule has 11 heteroatoms. The Bertz CT molecular complexity index is 917. The maximum Gasteiger partial charge on any atom is 0.422 e. The molecule has 1 atom stereocenters. The van der Waals surface area contributed by atoms with Gasteiger partial charge in [0, 0.05) is 18.7 Å². The first-order chi connectivity index (χ1) is 14.0. The molecule has 0 saturated carbocycles. The van der Waals surface area contributed by atoms with Crippen LogP contribution in [0.15, 0.2) is 18.3 Å². The largest absolute Gasteiger partial charge is 0.468 e. The lowest BCUT2D eigenvalue weighted by Crippen LogP contribution is -2.29. The van der Waals surface area contributed by atoms with Crippen LogP contribution in [0.5, 0.6) is 5.88 Å². The Morgan fingerprint density at radius 1 is 1.17 bits per heavy atom. The molecule has 30 heavy (non-hydrogen) atoms. The second-order valence-corrected chi connectivity index (χ2v) is 6.52. The average molecular weight is 425 g/mol. The number of hydrogen-bond acceptors (Lipinski definition) is 6. The van der Waals surface area contributed by atoms with Crippen LogP contribution in [0.3, 0.4) is 0 Å². The van der Waals surface area contributed by atoms with Gasteiger partial charge in [0.05, 0.1) is 17.4 Å². The van der Waals surface area contributed by atoms with Crippen molar-refractivity contribution in [3.63, 3.8) is 0 Å². The number of halogens is 3. The molecule has 2 aromatic heterocycles. The Labute approximate surface area is 171 Å². The molecule has 2 N–H and O–H groups in total. The zero-order valence-electron chi connectivity index (χ0n) is 16.9. The third-order valence-electron chi connectivity index (χ3n) is 4.03. The average Bonchev–Trinajstić information content (AvgIpc) is 2.67. The van der Waals surface area contributed by atoms with Crippen molar-refractivity contribution in [3.05, 3.63) is 41.0 Å². The molecule has 2 heterocycles. The minimum Gasteiger partial charge on any atom is -0.468 e. The summed E-state index contributed by atoms with van der Waals surface area (Å²) in [6, 6.07) is 2.28. The van der Waals surface area contributed by atoms with Crippen molar-refractivity contribution >= 4 is 17.6 Å². The van der Waals surface area contributed by atoms with E-state index in [0.717, 1.165) is 0 Å². The van der Waals surface area contributed by atoms with Crippen molar-refractivity contribution < 1.29 is 27.5 Å². The molecule has 162 valence electrons. The van der Waals surface area contributed by atoms with Crippen molar-refractivity contribution in [2.24, 2.45) is 0 Å². The van der Waals surface area contributed by atoms with Gasteiger partial charge in [0.15, 0.2) is 18.1 Å². The Morgan fingerprint density at radius 3 is 2.43 bits per heavy atom. The fourth-order valence-electron chi connectivity index (χ4n) is 2.42. The van der Waals surface area contributed by atoms with Crippen molar-refractivity contribution in [1.82, 2.24) is 20.3 Å². The Kier molecular flexibility index (Phi) is 7.30. The molecule has 0 aliphatic heterocycles. The molecule has 0 bridgehead atoms. The standard InChI is InChI=1S/C19H22F3N5O3/c1-5-14(28)26-17-12(4)24-11(3)16(27-17)18(29)25-10(2)13-6-7-15(23-8-13)30-9-19(20,21)22/h6-8,10H,5,9H2,1-4H3,(H,25,29)(H,26,27,28). The number of ether oxygens (including phenoxy) is 1. The summed E-state index contributed by atoms with van der Waals surface area (Å²) in [6.45, 7) is 5.23. The van der Waals surface area contributed by atoms with Crippen LogP contribution in [0.25, 0.3) is 0 Å². The van der Waals surface area contributed by atoms with Crippen LogP contribution in [0, 0.1) is 13.8 Å². The van der Waals surface area contributed by atoms with Gasteiger partial charge in [-0.25, -0.2) is 9.97 Å². The van der Waals surface area contributed by atoms with Crippen LogP contribution in [0.2, 0.25) is 0 Å². The molecular weight excluding hydrogens is 403 g/mol. The number of aryl methyl sites for hydroxylation is 2. The van der Waals surface area contributed by atoms with Gasteiger partial charge in [0.1, 0.15) is 0 Å². The van der Waals surface area contributed by atoms with E-state index in [1.165, 1.54) is 18.3 Å². The number of nitrogens with one attached hydrogen (secondary N) is 2. The molecule has 2 aromatic rings. The Morgan fingerprint density at radius 2 is 1.87 bits per heavy atom. The monoisotopic (exact) mass is 425 g/mol. The van der Waals surface area contributed by atoms with E-state index in [-0.39, 0.29) is 29.7 Å². The summed E-state index contributed by atoms with van der Waals surface area (Å²) < 4.78 is 41.1. The number of anilines is 1. The molecule has 0 aliphatic rings. The zero-order valence-corrected chi connectivity index (χ0v) is 16.9. The maximum absolute atomic E-state index is 12.7. The van der Waals surface area contributed by atoms with E-state index in [0.29, 0.717) is 17.0 Å². The van der Waals surface area contributed by atoms with Gasteiger partial charge in [-0.3, -0.25) is 14.6 Å². The Balaban J connectivity index is 2.10. The topological polar surface area (TPSA) is 106 Å². The summed E-state index contributed by atoms with van der Waals surface area (Å²) in [6.07, 6.45) is -2.88. The van der Waals surface area contributed by atoms with Crippen LogP contribution in [-0.4, -0.2) is 39.5 Å². The highest BCUT2D eigenvalue weighted by Crippen LogP contribution is 2.20. The van der Waals surface area contributed by atoms with Crippen LogP contribution >= 0.6 is 0 Å². The minimum atomic E-state index is -4.45. The first kappa shape index (κ1) is 23.0. The molecule has 2 amide bonds. The van der Waals surface area contributed by atoms with E-state index in [9.17, 15) is 22.8 Å². The summed E-state index contributed by atoms with van der Waals surface area (Å²) in [7, 11) is 0.